The van der Waals surface area contributed by atoms with Gasteiger partial charge in [0.05, 0.1) is 25.2 Å². The Labute approximate surface area is 371 Å². The van der Waals surface area contributed by atoms with E-state index in [9.17, 15) is 19.8 Å². The second-order valence-electron chi connectivity index (χ2n) is 17.2. The Bertz CT molecular complexity index is 1080. The average molecular weight is 840 g/mol. The highest BCUT2D eigenvalue weighted by Gasteiger charge is 2.24. The number of allylic oxidation sites excluding steroid dienone is 10. The number of hydrogen-bond donors (Lipinski definition) is 3. The maximum Gasteiger partial charge on any atom is 0.306 e. The minimum atomic E-state index is -0.801. The van der Waals surface area contributed by atoms with Gasteiger partial charge in [0.2, 0.25) is 5.91 Å². The molecule has 3 atom stereocenters. The van der Waals surface area contributed by atoms with E-state index in [1.165, 1.54) is 103 Å². The van der Waals surface area contributed by atoms with Crippen LogP contribution in [0, 0.1) is 0 Å². The summed E-state index contributed by atoms with van der Waals surface area (Å²) < 4.78 is 5.90. The minimum Gasteiger partial charge on any atom is -0.462 e. The SMILES string of the molecule is CC/C=C/C/C=C/C/C=C/CCCCC(CC(=O)NC(CO)C(O)CCCCCCCCCCCCC)OC(=O)CCCCCCC/C=C/C=C/CCCCCCCCC. The first-order valence-corrected chi connectivity index (χ1v) is 25.5. The zero-order valence-corrected chi connectivity index (χ0v) is 39.6. The molecule has 1 amide bonds. The number of ether oxygens (including phenoxy) is 1. The number of aliphatic hydroxyl groups is 2. The highest BCUT2D eigenvalue weighted by molar-refractivity contribution is 5.77. The summed E-state index contributed by atoms with van der Waals surface area (Å²) in [4.78, 5) is 26.1. The molecular weight excluding hydrogens is 743 g/mol. The average Bonchev–Trinajstić information content (AvgIpc) is 3.24. The maximum atomic E-state index is 13.2. The van der Waals surface area contributed by atoms with Crippen molar-refractivity contribution in [3.63, 3.8) is 0 Å². The lowest BCUT2D eigenvalue weighted by molar-refractivity contribution is -0.151. The molecule has 0 saturated carbocycles. The second-order valence-corrected chi connectivity index (χ2v) is 17.2. The lowest BCUT2D eigenvalue weighted by atomic mass is 10.0. The molecule has 0 aromatic carbocycles. The van der Waals surface area contributed by atoms with Crippen LogP contribution in [-0.2, 0) is 14.3 Å². The van der Waals surface area contributed by atoms with E-state index in [4.69, 9.17) is 4.74 Å². The molecule has 0 aromatic heterocycles. The first kappa shape index (κ1) is 57.6. The first-order valence-electron chi connectivity index (χ1n) is 25.5. The standard InChI is InChI=1S/C54H97NO5/c1-4-7-10-13-16-19-22-24-25-26-27-28-29-32-35-38-41-44-47-54(59)60-50(45-42-39-36-33-31-23-20-17-14-11-8-5-2)48-53(58)55-51(49-56)52(57)46-43-40-37-34-30-21-18-15-12-9-6-3/h8,11,17,20,25-28,31,33,50-52,56-57H,4-7,9-10,12-16,18-19,21-24,29-30,32,34-49H2,1-3H3,(H,55,58)/b11-8+,20-17+,26-25+,28-27+,33-31+. The normalized spacial score (nSPS) is 13.8. The van der Waals surface area contributed by atoms with Crippen LogP contribution >= 0.6 is 0 Å². The maximum absolute atomic E-state index is 13.2. The third-order valence-corrected chi connectivity index (χ3v) is 11.4. The Morgan fingerprint density at radius 2 is 0.950 bits per heavy atom. The lowest BCUT2D eigenvalue weighted by Crippen LogP contribution is -2.46. The van der Waals surface area contributed by atoms with Gasteiger partial charge in [0.1, 0.15) is 6.10 Å². The summed E-state index contributed by atoms with van der Waals surface area (Å²) in [5, 5.41) is 23.7. The molecule has 0 aliphatic carbocycles. The van der Waals surface area contributed by atoms with Gasteiger partial charge < -0.3 is 20.3 Å². The van der Waals surface area contributed by atoms with Gasteiger partial charge in [-0.2, -0.15) is 0 Å². The fourth-order valence-corrected chi connectivity index (χ4v) is 7.49. The van der Waals surface area contributed by atoms with Crippen molar-refractivity contribution in [2.24, 2.45) is 0 Å². The van der Waals surface area contributed by atoms with Crippen LogP contribution in [0.3, 0.4) is 0 Å². The summed E-state index contributed by atoms with van der Waals surface area (Å²) in [6, 6.07) is -0.717. The second kappa shape index (κ2) is 47.6. The van der Waals surface area contributed by atoms with Gasteiger partial charge in [-0.1, -0.05) is 210 Å². The van der Waals surface area contributed by atoms with Gasteiger partial charge in [0, 0.05) is 6.42 Å². The van der Waals surface area contributed by atoms with Gasteiger partial charge in [0.25, 0.3) is 0 Å². The van der Waals surface area contributed by atoms with E-state index >= 15 is 0 Å². The van der Waals surface area contributed by atoms with Crippen molar-refractivity contribution < 1.29 is 24.5 Å². The molecule has 0 radical (unpaired) electrons. The molecule has 0 aliphatic rings. The summed E-state index contributed by atoms with van der Waals surface area (Å²) in [6.07, 6.45) is 58.6. The number of hydrogen-bond acceptors (Lipinski definition) is 5. The van der Waals surface area contributed by atoms with Crippen molar-refractivity contribution in [2.75, 3.05) is 6.61 Å². The third-order valence-electron chi connectivity index (χ3n) is 11.4. The number of nitrogens with one attached hydrogen (secondary N) is 1. The number of aliphatic hydroxyl groups excluding tert-OH is 2. The molecule has 0 rings (SSSR count). The molecule has 0 saturated heterocycles. The number of rotatable bonds is 45. The van der Waals surface area contributed by atoms with E-state index < -0.39 is 18.2 Å². The van der Waals surface area contributed by atoms with Crippen molar-refractivity contribution in [1.29, 1.82) is 0 Å². The predicted octanol–water partition coefficient (Wildman–Crippen LogP) is 15.2. The molecule has 6 heteroatoms. The Morgan fingerprint density at radius 1 is 0.517 bits per heavy atom. The van der Waals surface area contributed by atoms with E-state index in [2.05, 4.69) is 86.8 Å². The molecule has 3 unspecified atom stereocenters. The predicted molar refractivity (Wildman–Crippen MR) is 259 cm³/mol. The lowest BCUT2D eigenvalue weighted by Gasteiger charge is -2.24. The smallest absolute Gasteiger partial charge is 0.306 e. The van der Waals surface area contributed by atoms with E-state index in [1.807, 2.05) is 0 Å². The van der Waals surface area contributed by atoms with Gasteiger partial charge in [-0.25, -0.2) is 0 Å². The van der Waals surface area contributed by atoms with E-state index in [0.29, 0.717) is 19.3 Å². The van der Waals surface area contributed by atoms with Crippen molar-refractivity contribution in [2.45, 2.75) is 264 Å². The number of carbonyl (C=O) groups excluding carboxylic acids is 2. The van der Waals surface area contributed by atoms with Crippen LogP contribution in [-0.4, -0.2) is 46.9 Å². The van der Waals surface area contributed by atoms with Gasteiger partial charge in [-0.3, -0.25) is 9.59 Å². The van der Waals surface area contributed by atoms with Gasteiger partial charge in [-0.05, 0) is 83.5 Å². The van der Waals surface area contributed by atoms with Crippen molar-refractivity contribution in [3.05, 3.63) is 60.8 Å². The summed E-state index contributed by atoms with van der Waals surface area (Å²) >= 11 is 0. The fraction of sp³-hybridized carbons (Fsp3) is 0.778. The Balaban J connectivity index is 4.61. The third kappa shape index (κ3) is 42.3. The summed E-state index contributed by atoms with van der Waals surface area (Å²) in [5.41, 5.74) is 0. The van der Waals surface area contributed by atoms with Crippen LogP contribution in [0.5, 0.6) is 0 Å². The van der Waals surface area contributed by atoms with Gasteiger partial charge in [-0.15, -0.1) is 0 Å². The number of carbonyl (C=O) groups is 2. The number of unbranched alkanes of at least 4 members (excludes halogenated alkanes) is 24. The molecule has 0 heterocycles. The van der Waals surface area contributed by atoms with E-state index in [-0.39, 0.29) is 24.9 Å². The highest BCUT2D eigenvalue weighted by Crippen LogP contribution is 2.17. The Kier molecular flexibility index (Phi) is 45.7. The molecule has 348 valence electrons. The van der Waals surface area contributed by atoms with Crippen LogP contribution < -0.4 is 5.32 Å². The molecule has 60 heavy (non-hydrogen) atoms. The molecule has 0 aromatic rings. The highest BCUT2D eigenvalue weighted by atomic mass is 16.5. The molecule has 0 aliphatic heterocycles. The molecule has 0 bridgehead atoms. The summed E-state index contributed by atoms with van der Waals surface area (Å²) in [6.45, 7) is 6.34. The fourth-order valence-electron chi connectivity index (χ4n) is 7.49. The Hall–Kier alpha value is -2.44. The molecule has 3 N–H and O–H groups in total. The molecule has 6 nitrogen and oxygen atoms in total. The van der Waals surface area contributed by atoms with Crippen LogP contribution in [0.25, 0.3) is 0 Å². The summed E-state index contributed by atoms with van der Waals surface area (Å²) in [7, 11) is 0. The number of esters is 1. The zero-order chi connectivity index (χ0) is 43.8. The van der Waals surface area contributed by atoms with Crippen LogP contribution in [0.4, 0.5) is 0 Å². The van der Waals surface area contributed by atoms with Crippen molar-refractivity contribution in [1.82, 2.24) is 5.32 Å². The Morgan fingerprint density at radius 3 is 1.48 bits per heavy atom. The molecular formula is C54H97NO5. The van der Waals surface area contributed by atoms with E-state index in [1.54, 1.807) is 0 Å². The van der Waals surface area contributed by atoms with Crippen LogP contribution in [0.1, 0.15) is 245 Å². The van der Waals surface area contributed by atoms with Crippen LogP contribution in [0.15, 0.2) is 60.8 Å². The zero-order valence-electron chi connectivity index (χ0n) is 39.6. The largest absolute Gasteiger partial charge is 0.462 e. The topological polar surface area (TPSA) is 95.9 Å². The van der Waals surface area contributed by atoms with Crippen molar-refractivity contribution in [3.8, 4) is 0 Å². The first-order chi connectivity index (χ1) is 29.5. The minimum absolute atomic E-state index is 0.0440. The van der Waals surface area contributed by atoms with Crippen molar-refractivity contribution >= 4 is 11.9 Å². The number of amides is 1. The monoisotopic (exact) mass is 840 g/mol. The van der Waals surface area contributed by atoms with Crippen LogP contribution in [0.2, 0.25) is 0 Å². The van der Waals surface area contributed by atoms with Gasteiger partial charge >= 0.3 is 5.97 Å². The van der Waals surface area contributed by atoms with Gasteiger partial charge in [0.15, 0.2) is 0 Å². The molecule has 0 fully saturated rings. The summed E-state index contributed by atoms with van der Waals surface area (Å²) in [5.74, 6) is -0.530. The quantitative estimate of drug-likeness (QED) is 0.0246. The molecule has 0 spiro atoms. The van der Waals surface area contributed by atoms with E-state index in [0.717, 1.165) is 96.3 Å².